The van der Waals surface area contributed by atoms with Gasteiger partial charge in [-0.3, -0.25) is 0 Å². The lowest BCUT2D eigenvalue weighted by Gasteiger charge is -2.26. The molecule has 0 aliphatic rings. The van der Waals surface area contributed by atoms with Crippen molar-refractivity contribution in [1.29, 1.82) is 0 Å². The molecule has 3 nitrogen and oxygen atoms in total. The first-order valence-electron chi connectivity index (χ1n) is 7.38. The van der Waals surface area contributed by atoms with Crippen LogP contribution in [0, 0.1) is 5.41 Å². The van der Waals surface area contributed by atoms with Crippen molar-refractivity contribution >= 4 is 0 Å². The number of hydrogen-bond donors (Lipinski definition) is 1. The minimum atomic E-state index is -0.0479. The van der Waals surface area contributed by atoms with E-state index >= 15 is 0 Å². The third kappa shape index (κ3) is 5.51. The number of rotatable bonds is 7. The molecule has 0 radical (unpaired) electrons. The van der Waals surface area contributed by atoms with Gasteiger partial charge in [-0.05, 0) is 36.0 Å². The largest absolute Gasteiger partial charge is 0.497 e. The van der Waals surface area contributed by atoms with Crippen LogP contribution in [0.25, 0.3) is 0 Å². The van der Waals surface area contributed by atoms with Gasteiger partial charge in [-0.15, -0.1) is 0 Å². The molecule has 0 spiro atoms. The van der Waals surface area contributed by atoms with Crippen molar-refractivity contribution in [2.24, 2.45) is 11.1 Å². The molecule has 20 heavy (non-hydrogen) atoms. The van der Waals surface area contributed by atoms with Gasteiger partial charge in [0.1, 0.15) is 5.75 Å². The van der Waals surface area contributed by atoms with Gasteiger partial charge in [-0.1, -0.05) is 39.8 Å². The second-order valence-electron chi connectivity index (χ2n) is 6.45. The fourth-order valence-corrected chi connectivity index (χ4v) is 1.97. The van der Waals surface area contributed by atoms with E-state index in [-0.39, 0.29) is 17.6 Å². The van der Waals surface area contributed by atoms with Crippen LogP contribution in [0.5, 0.6) is 5.75 Å². The maximum atomic E-state index is 6.21. The molecule has 0 saturated heterocycles. The van der Waals surface area contributed by atoms with Crippen LogP contribution >= 0.6 is 0 Å². The summed E-state index contributed by atoms with van der Waals surface area (Å²) in [5.41, 5.74) is 7.61. The standard InChI is InChI=1S/C17H29NO2/c1-6-15(18)16(20-12-11-17(2,3)4)13-7-9-14(19-5)10-8-13/h7-10,15-16H,6,11-12,18H2,1-5H3. The topological polar surface area (TPSA) is 44.5 Å². The number of ether oxygens (including phenoxy) is 2. The van der Waals surface area contributed by atoms with Gasteiger partial charge in [-0.25, -0.2) is 0 Å². The second kappa shape index (κ2) is 7.65. The Morgan fingerprint density at radius 3 is 2.20 bits per heavy atom. The Morgan fingerprint density at radius 1 is 1.15 bits per heavy atom. The lowest BCUT2D eigenvalue weighted by molar-refractivity contribution is 0.0199. The van der Waals surface area contributed by atoms with E-state index < -0.39 is 0 Å². The SMILES string of the molecule is CCC(N)C(OCCC(C)(C)C)c1ccc(OC)cc1. The number of nitrogens with two attached hydrogens (primary N) is 1. The van der Waals surface area contributed by atoms with Crippen molar-refractivity contribution in [1.82, 2.24) is 0 Å². The number of hydrogen-bond acceptors (Lipinski definition) is 3. The van der Waals surface area contributed by atoms with Crippen molar-refractivity contribution in [3.63, 3.8) is 0 Å². The highest BCUT2D eigenvalue weighted by molar-refractivity contribution is 5.29. The fourth-order valence-electron chi connectivity index (χ4n) is 1.97. The molecule has 0 amide bonds. The summed E-state index contributed by atoms with van der Waals surface area (Å²) >= 11 is 0. The van der Waals surface area contributed by atoms with E-state index in [2.05, 4.69) is 27.7 Å². The lowest BCUT2D eigenvalue weighted by Crippen LogP contribution is -2.30. The van der Waals surface area contributed by atoms with Crippen molar-refractivity contribution in [3.8, 4) is 5.75 Å². The van der Waals surface area contributed by atoms with Crippen molar-refractivity contribution in [2.45, 2.75) is 52.7 Å². The lowest BCUT2D eigenvalue weighted by atomic mass is 9.93. The first-order chi connectivity index (χ1) is 9.37. The van der Waals surface area contributed by atoms with Gasteiger partial charge in [0.05, 0.1) is 13.2 Å². The highest BCUT2D eigenvalue weighted by Gasteiger charge is 2.20. The maximum Gasteiger partial charge on any atom is 0.118 e. The molecule has 2 atom stereocenters. The number of benzene rings is 1. The summed E-state index contributed by atoms with van der Waals surface area (Å²) in [4.78, 5) is 0. The van der Waals surface area contributed by atoms with E-state index in [1.165, 1.54) is 0 Å². The maximum absolute atomic E-state index is 6.21. The molecule has 114 valence electrons. The highest BCUT2D eigenvalue weighted by Crippen LogP contribution is 2.26. The monoisotopic (exact) mass is 279 g/mol. The summed E-state index contributed by atoms with van der Waals surface area (Å²) in [7, 11) is 1.67. The number of methoxy groups -OCH3 is 1. The van der Waals surface area contributed by atoms with Crippen LogP contribution < -0.4 is 10.5 Å². The average Bonchev–Trinajstić information content (AvgIpc) is 2.42. The van der Waals surface area contributed by atoms with Gasteiger partial charge in [0, 0.05) is 12.6 Å². The van der Waals surface area contributed by atoms with Crippen LogP contribution in [0.1, 0.15) is 52.2 Å². The van der Waals surface area contributed by atoms with Gasteiger partial charge >= 0.3 is 0 Å². The molecule has 0 aliphatic carbocycles. The van der Waals surface area contributed by atoms with Crippen LogP contribution in [-0.4, -0.2) is 19.8 Å². The smallest absolute Gasteiger partial charge is 0.118 e. The van der Waals surface area contributed by atoms with E-state index in [1.807, 2.05) is 24.3 Å². The van der Waals surface area contributed by atoms with E-state index in [0.29, 0.717) is 0 Å². The first kappa shape index (κ1) is 17.0. The predicted octanol–water partition coefficient (Wildman–Crippen LogP) is 3.93. The molecular weight excluding hydrogens is 250 g/mol. The summed E-state index contributed by atoms with van der Waals surface area (Å²) in [6.45, 7) is 9.48. The minimum absolute atomic E-state index is 0.0170. The molecule has 0 aromatic heterocycles. The summed E-state index contributed by atoms with van der Waals surface area (Å²) < 4.78 is 11.3. The van der Waals surface area contributed by atoms with E-state index in [9.17, 15) is 0 Å². The minimum Gasteiger partial charge on any atom is -0.497 e. The Bertz CT molecular complexity index is 381. The van der Waals surface area contributed by atoms with E-state index in [0.717, 1.165) is 30.8 Å². The van der Waals surface area contributed by atoms with Crippen LogP contribution in [0.2, 0.25) is 0 Å². The third-order valence-electron chi connectivity index (χ3n) is 3.45. The normalized spacial score (nSPS) is 14.9. The van der Waals surface area contributed by atoms with E-state index in [4.69, 9.17) is 15.2 Å². The highest BCUT2D eigenvalue weighted by atomic mass is 16.5. The Labute approximate surface area is 123 Å². The van der Waals surface area contributed by atoms with Crippen molar-refractivity contribution < 1.29 is 9.47 Å². The summed E-state index contributed by atoms with van der Waals surface area (Å²) in [6.07, 6.45) is 1.87. The zero-order valence-corrected chi connectivity index (χ0v) is 13.5. The van der Waals surface area contributed by atoms with Crippen LogP contribution in [-0.2, 0) is 4.74 Å². The quantitative estimate of drug-likeness (QED) is 0.822. The van der Waals surface area contributed by atoms with Crippen molar-refractivity contribution in [3.05, 3.63) is 29.8 Å². The molecule has 1 rings (SSSR count). The molecule has 0 bridgehead atoms. The van der Waals surface area contributed by atoms with Gasteiger partial charge in [0.2, 0.25) is 0 Å². The van der Waals surface area contributed by atoms with E-state index in [1.54, 1.807) is 7.11 Å². The summed E-state index contributed by atoms with van der Waals surface area (Å²) in [5.74, 6) is 0.854. The molecule has 0 heterocycles. The Balaban J connectivity index is 2.72. The van der Waals surface area contributed by atoms with Gasteiger partial charge in [0.25, 0.3) is 0 Å². The molecule has 2 N–H and O–H groups in total. The Morgan fingerprint density at radius 2 is 1.75 bits per heavy atom. The zero-order valence-electron chi connectivity index (χ0n) is 13.5. The Hall–Kier alpha value is -1.06. The molecule has 0 aliphatic heterocycles. The molecule has 2 unspecified atom stereocenters. The molecule has 0 saturated carbocycles. The van der Waals surface area contributed by atoms with Gasteiger partial charge < -0.3 is 15.2 Å². The van der Waals surface area contributed by atoms with Crippen LogP contribution in [0.4, 0.5) is 0 Å². The third-order valence-corrected chi connectivity index (χ3v) is 3.45. The molecule has 1 aromatic rings. The molecule has 1 aromatic carbocycles. The van der Waals surface area contributed by atoms with Gasteiger partial charge in [-0.2, -0.15) is 0 Å². The molecule has 0 fully saturated rings. The van der Waals surface area contributed by atoms with Crippen LogP contribution in [0.15, 0.2) is 24.3 Å². The van der Waals surface area contributed by atoms with Gasteiger partial charge in [0.15, 0.2) is 0 Å². The zero-order chi connectivity index (χ0) is 15.2. The van der Waals surface area contributed by atoms with Crippen molar-refractivity contribution in [2.75, 3.05) is 13.7 Å². The summed E-state index contributed by atoms with van der Waals surface area (Å²) in [6, 6.07) is 8.00. The average molecular weight is 279 g/mol. The summed E-state index contributed by atoms with van der Waals surface area (Å²) in [5, 5.41) is 0. The molecule has 3 heteroatoms. The second-order valence-corrected chi connectivity index (χ2v) is 6.45. The first-order valence-corrected chi connectivity index (χ1v) is 7.38. The fraction of sp³-hybridized carbons (Fsp3) is 0.647. The van der Waals surface area contributed by atoms with Crippen LogP contribution in [0.3, 0.4) is 0 Å². The Kier molecular flexibility index (Phi) is 6.50. The molecular formula is C17H29NO2. The predicted molar refractivity (Wildman–Crippen MR) is 84.0 cm³/mol.